The van der Waals surface area contributed by atoms with Crippen LogP contribution in [0.3, 0.4) is 0 Å². The van der Waals surface area contributed by atoms with Crippen LogP contribution in [0, 0.1) is 5.92 Å². The average Bonchev–Trinajstić information content (AvgIpc) is 2.43. The van der Waals surface area contributed by atoms with Gasteiger partial charge in [-0.1, -0.05) is 25.7 Å². The molecule has 1 atom stereocenters. The Balaban J connectivity index is 1.87. The van der Waals surface area contributed by atoms with Gasteiger partial charge in [0, 0.05) is 12.5 Å². The molecule has 13 heavy (non-hydrogen) atoms. The van der Waals surface area contributed by atoms with Crippen molar-refractivity contribution in [1.29, 1.82) is 0 Å². The van der Waals surface area contributed by atoms with Crippen LogP contribution in [0.25, 0.3) is 0 Å². The van der Waals surface area contributed by atoms with Gasteiger partial charge in [-0.15, -0.1) is 0 Å². The Bertz CT molecular complexity index is 185. The van der Waals surface area contributed by atoms with Crippen molar-refractivity contribution in [2.75, 3.05) is 0 Å². The van der Waals surface area contributed by atoms with E-state index in [-0.39, 0.29) is 5.91 Å². The van der Waals surface area contributed by atoms with Gasteiger partial charge in [-0.2, -0.15) is 0 Å². The maximum atomic E-state index is 11.0. The summed E-state index contributed by atoms with van der Waals surface area (Å²) >= 11 is 0. The lowest BCUT2D eigenvalue weighted by Crippen LogP contribution is -2.36. The lowest BCUT2D eigenvalue weighted by atomic mass is 9.91. The van der Waals surface area contributed by atoms with Crippen molar-refractivity contribution in [3.63, 3.8) is 0 Å². The van der Waals surface area contributed by atoms with Crippen molar-refractivity contribution in [2.45, 2.75) is 51.0 Å². The van der Waals surface area contributed by atoms with Gasteiger partial charge in [0.1, 0.15) is 0 Å². The highest BCUT2D eigenvalue weighted by Gasteiger charge is 2.28. The molecule has 2 rings (SSSR count). The minimum Gasteiger partial charge on any atom is -0.291 e. The Labute approximate surface area is 79.2 Å². The van der Waals surface area contributed by atoms with Crippen molar-refractivity contribution in [1.82, 2.24) is 10.9 Å². The van der Waals surface area contributed by atoms with E-state index in [9.17, 15) is 4.79 Å². The zero-order valence-corrected chi connectivity index (χ0v) is 8.01. The van der Waals surface area contributed by atoms with Crippen LogP contribution in [0.4, 0.5) is 0 Å². The highest BCUT2D eigenvalue weighted by atomic mass is 16.2. The van der Waals surface area contributed by atoms with Crippen LogP contribution in [-0.4, -0.2) is 11.9 Å². The number of hydrogen-bond acceptors (Lipinski definition) is 2. The predicted octanol–water partition coefficient (Wildman–Crippen LogP) is 1.35. The fraction of sp³-hybridized carbons (Fsp3) is 0.900. The van der Waals surface area contributed by atoms with E-state index < -0.39 is 0 Å². The first-order chi connectivity index (χ1) is 6.36. The molecule has 0 spiro atoms. The van der Waals surface area contributed by atoms with Gasteiger partial charge in [-0.05, 0) is 18.8 Å². The second kappa shape index (κ2) is 4.09. The largest absolute Gasteiger partial charge is 0.291 e. The van der Waals surface area contributed by atoms with E-state index in [4.69, 9.17) is 0 Å². The third kappa shape index (κ3) is 2.21. The fourth-order valence-electron chi connectivity index (χ4n) is 2.47. The molecule has 1 aliphatic carbocycles. The third-order valence-corrected chi connectivity index (χ3v) is 3.27. The van der Waals surface area contributed by atoms with Crippen LogP contribution in [0.2, 0.25) is 0 Å². The van der Waals surface area contributed by atoms with Crippen molar-refractivity contribution in [3.05, 3.63) is 0 Å². The first-order valence-corrected chi connectivity index (χ1v) is 5.40. The van der Waals surface area contributed by atoms with Gasteiger partial charge in [0.05, 0.1) is 0 Å². The lowest BCUT2D eigenvalue weighted by Gasteiger charge is -2.19. The monoisotopic (exact) mass is 182 g/mol. The Morgan fingerprint density at radius 2 is 1.77 bits per heavy atom. The van der Waals surface area contributed by atoms with Crippen molar-refractivity contribution >= 4 is 5.91 Å². The summed E-state index contributed by atoms with van der Waals surface area (Å²) in [7, 11) is 0. The average molecular weight is 182 g/mol. The van der Waals surface area contributed by atoms with Crippen LogP contribution in [0.15, 0.2) is 0 Å². The molecule has 1 unspecified atom stereocenters. The molecule has 1 saturated heterocycles. The number of rotatable bonds is 1. The molecule has 3 heteroatoms. The summed E-state index contributed by atoms with van der Waals surface area (Å²) in [6.45, 7) is 0. The molecule has 0 bridgehead atoms. The summed E-state index contributed by atoms with van der Waals surface area (Å²) in [4.78, 5) is 11.0. The Hall–Kier alpha value is -0.570. The zero-order chi connectivity index (χ0) is 9.10. The molecular formula is C10H18N2O. The molecule has 1 heterocycles. The third-order valence-electron chi connectivity index (χ3n) is 3.27. The van der Waals surface area contributed by atoms with E-state index in [0.717, 1.165) is 5.92 Å². The number of hydrazine groups is 1. The first-order valence-electron chi connectivity index (χ1n) is 5.40. The summed E-state index contributed by atoms with van der Waals surface area (Å²) < 4.78 is 0. The molecule has 74 valence electrons. The highest BCUT2D eigenvalue weighted by molar-refractivity contribution is 5.78. The van der Waals surface area contributed by atoms with Gasteiger partial charge < -0.3 is 0 Å². The van der Waals surface area contributed by atoms with E-state index >= 15 is 0 Å². The fourth-order valence-corrected chi connectivity index (χ4v) is 2.47. The molecule has 0 aromatic heterocycles. The van der Waals surface area contributed by atoms with Crippen molar-refractivity contribution in [2.24, 2.45) is 5.92 Å². The maximum Gasteiger partial charge on any atom is 0.235 e. The van der Waals surface area contributed by atoms with E-state index in [1.807, 2.05) is 0 Å². The van der Waals surface area contributed by atoms with Crippen LogP contribution < -0.4 is 10.9 Å². The minimum absolute atomic E-state index is 0.161. The quantitative estimate of drug-likeness (QED) is 0.601. The van der Waals surface area contributed by atoms with Gasteiger partial charge in [-0.25, -0.2) is 5.43 Å². The standard InChI is InChI=1S/C10H18N2O/c13-10-7-9(11-12-10)8-5-3-1-2-4-6-8/h8-9,11H,1-7H2,(H,12,13). The summed E-state index contributed by atoms with van der Waals surface area (Å²) in [5.41, 5.74) is 5.80. The Kier molecular flexibility index (Phi) is 2.83. The van der Waals surface area contributed by atoms with Crippen LogP contribution in [0.5, 0.6) is 0 Å². The smallest absolute Gasteiger partial charge is 0.235 e. The predicted molar refractivity (Wildman–Crippen MR) is 50.9 cm³/mol. The number of nitrogens with one attached hydrogen (secondary N) is 2. The number of carbonyl (C=O) groups is 1. The van der Waals surface area contributed by atoms with Crippen molar-refractivity contribution in [3.8, 4) is 0 Å². The highest BCUT2D eigenvalue weighted by Crippen LogP contribution is 2.27. The first kappa shape index (κ1) is 9.00. The van der Waals surface area contributed by atoms with E-state index in [1.165, 1.54) is 38.5 Å². The second-order valence-corrected chi connectivity index (χ2v) is 4.25. The van der Waals surface area contributed by atoms with Crippen LogP contribution in [0.1, 0.15) is 44.9 Å². The number of carbonyl (C=O) groups excluding carboxylic acids is 1. The molecule has 1 aliphatic heterocycles. The molecule has 0 aromatic rings. The molecule has 0 radical (unpaired) electrons. The Morgan fingerprint density at radius 1 is 1.08 bits per heavy atom. The lowest BCUT2D eigenvalue weighted by molar-refractivity contribution is -0.119. The van der Waals surface area contributed by atoms with E-state index in [1.54, 1.807) is 0 Å². The number of amides is 1. The molecule has 2 aliphatic rings. The van der Waals surface area contributed by atoms with Crippen LogP contribution >= 0.6 is 0 Å². The van der Waals surface area contributed by atoms with E-state index in [0.29, 0.717) is 12.5 Å². The topological polar surface area (TPSA) is 41.1 Å². The molecule has 3 nitrogen and oxygen atoms in total. The molecule has 2 N–H and O–H groups in total. The minimum atomic E-state index is 0.161. The molecular weight excluding hydrogens is 164 g/mol. The second-order valence-electron chi connectivity index (χ2n) is 4.25. The van der Waals surface area contributed by atoms with Gasteiger partial charge in [0.15, 0.2) is 0 Å². The van der Waals surface area contributed by atoms with Crippen molar-refractivity contribution < 1.29 is 4.79 Å². The molecule has 0 aromatic carbocycles. The Morgan fingerprint density at radius 3 is 2.31 bits per heavy atom. The summed E-state index contributed by atoms with van der Waals surface area (Å²) in [5, 5.41) is 0. The van der Waals surface area contributed by atoms with E-state index in [2.05, 4.69) is 10.9 Å². The van der Waals surface area contributed by atoms with Gasteiger partial charge in [0.2, 0.25) is 5.91 Å². The number of hydrogen-bond donors (Lipinski definition) is 2. The maximum absolute atomic E-state index is 11.0. The van der Waals surface area contributed by atoms with Gasteiger partial charge in [0.25, 0.3) is 0 Å². The summed E-state index contributed by atoms with van der Waals surface area (Å²) in [6.07, 6.45) is 8.73. The summed E-state index contributed by atoms with van der Waals surface area (Å²) in [5.74, 6) is 0.885. The molecule has 1 saturated carbocycles. The van der Waals surface area contributed by atoms with Crippen LogP contribution in [-0.2, 0) is 4.79 Å². The molecule has 1 amide bonds. The normalized spacial score (nSPS) is 31.4. The summed E-state index contributed by atoms with van der Waals surface area (Å²) in [6, 6.07) is 0.408. The van der Waals surface area contributed by atoms with Gasteiger partial charge in [-0.3, -0.25) is 10.2 Å². The SMILES string of the molecule is O=C1CC(C2CCCCCC2)NN1. The zero-order valence-electron chi connectivity index (χ0n) is 8.01. The molecule has 2 fully saturated rings. The van der Waals surface area contributed by atoms with Gasteiger partial charge >= 0.3 is 0 Å².